The Bertz CT molecular complexity index is 710. The van der Waals surface area contributed by atoms with Gasteiger partial charge in [0, 0.05) is 11.8 Å². The lowest BCUT2D eigenvalue weighted by molar-refractivity contribution is 0.101. The molecule has 0 bridgehead atoms. The first-order valence-corrected chi connectivity index (χ1v) is 7.03. The van der Waals surface area contributed by atoms with E-state index in [0.29, 0.717) is 16.4 Å². The van der Waals surface area contributed by atoms with Gasteiger partial charge in [0.2, 0.25) is 0 Å². The van der Waals surface area contributed by atoms with Crippen molar-refractivity contribution in [1.29, 1.82) is 0 Å². The summed E-state index contributed by atoms with van der Waals surface area (Å²) in [5.41, 5.74) is 3.79. The van der Waals surface area contributed by atoms with Crippen molar-refractivity contribution >= 4 is 23.4 Å². The first-order valence-electron chi connectivity index (χ1n) is 5.81. The maximum absolute atomic E-state index is 11.9. The lowest BCUT2D eigenvalue weighted by Crippen LogP contribution is -2.07. The number of carbonyl (C=O) groups excluding carboxylic acids is 1. The Morgan fingerprint density at radius 1 is 1.16 bits per heavy atom. The maximum atomic E-state index is 11.9. The highest BCUT2D eigenvalue weighted by Crippen LogP contribution is 2.24. The predicted molar refractivity (Wildman–Crippen MR) is 75.0 cm³/mol. The Morgan fingerprint density at radius 2 is 1.89 bits per heavy atom. The molecule has 0 atom stereocenters. The highest BCUT2D eigenvalue weighted by atomic mass is 32.2. The monoisotopic (exact) mass is 269 g/mol. The van der Waals surface area contributed by atoms with E-state index in [1.54, 1.807) is 12.3 Å². The van der Waals surface area contributed by atoms with Crippen molar-refractivity contribution in [2.45, 2.75) is 12.1 Å². The van der Waals surface area contributed by atoms with Gasteiger partial charge in [-0.15, -0.1) is 0 Å². The average Bonchev–Trinajstić information content (AvgIpc) is 2.77. The van der Waals surface area contributed by atoms with Gasteiger partial charge in [0.25, 0.3) is 5.91 Å². The maximum Gasteiger partial charge on any atom is 0.278 e. The van der Waals surface area contributed by atoms with Gasteiger partial charge in [-0.1, -0.05) is 30.0 Å². The van der Waals surface area contributed by atoms with Crippen LogP contribution in [0.1, 0.15) is 27.2 Å². The van der Waals surface area contributed by atoms with Gasteiger partial charge >= 0.3 is 0 Å². The van der Waals surface area contributed by atoms with E-state index in [4.69, 9.17) is 0 Å². The van der Waals surface area contributed by atoms with Gasteiger partial charge in [-0.2, -0.15) is 0 Å². The number of rotatable bonds is 2. The van der Waals surface area contributed by atoms with Crippen LogP contribution >= 0.6 is 11.8 Å². The van der Waals surface area contributed by atoms with E-state index in [9.17, 15) is 4.79 Å². The number of fused-ring (bicyclic) bond motifs is 1. The van der Waals surface area contributed by atoms with Gasteiger partial charge in [-0.25, -0.2) is 15.0 Å². The van der Waals surface area contributed by atoms with Crippen LogP contribution in [0, 0.1) is 6.92 Å². The SMILES string of the molecule is CSc1ncc(C)c(C2=NC(=O)c3ccccc32)n1. The summed E-state index contributed by atoms with van der Waals surface area (Å²) in [5.74, 6) is -0.200. The van der Waals surface area contributed by atoms with E-state index in [2.05, 4.69) is 15.0 Å². The second kappa shape index (κ2) is 4.59. The topological polar surface area (TPSA) is 55.2 Å². The van der Waals surface area contributed by atoms with Gasteiger partial charge in [0.1, 0.15) is 5.71 Å². The summed E-state index contributed by atoms with van der Waals surface area (Å²) >= 11 is 1.47. The minimum atomic E-state index is -0.200. The molecular weight excluding hydrogens is 258 g/mol. The number of aliphatic imine (C=N–C) groups is 1. The molecule has 1 aromatic heterocycles. The first kappa shape index (κ1) is 12.0. The molecule has 1 aliphatic rings. The molecule has 5 heteroatoms. The molecule has 94 valence electrons. The fraction of sp³-hybridized carbons (Fsp3) is 0.143. The van der Waals surface area contributed by atoms with E-state index in [-0.39, 0.29) is 5.91 Å². The van der Waals surface area contributed by atoms with Crippen LogP contribution in [0.2, 0.25) is 0 Å². The highest BCUT2D eigenvalue weighted by molar-refractivity contribution is 7.98. The Hall–Kier alpha value is -2.01. The van der Waals surface area contributed by atoms with Gasteiger partial charge in [0.15, 0.2) is 5.16 Å². The number of hydrogen-bond donors (Lipinski definition) is 0. The molecule has 2 heterocycles. The number of benzene rings is 1. The number of aromatic nitrogens is 2. The minimum absolute atomic E-state index is 0.200. The largest absolute Gasteiger partial charge is 0.278 e. The highest BCUT2D eigenvalue weighted by Gasteiger charge is 2.25. The van der Waals surface area contributed by atoms with Crippen molar-refractivity contribution in [3.05, 3.63) is 52.8 Å². The van der Waals surface area contributed by atoms with Crippen LogP contribution < -0.4 is 0 Å². The Balaban J connectivity index is 2.19. The molecule has 1 aliphatic heterocycles. The third-order valence-electron chi connectivity index (χ3n) is 2.98. The van der Waals surface area contributed by atoms with E-state index in [1.807, 2.05) is 31.4 Å². The Labute approximate surface area is 115 Å². The van der Waals surface area contributed by atoms with Crippen LogP contribution in [0.3, 0.4) is 0 Å². The van der Waals surface area contributed by atoms with E-state index in [1.165, 1.54) is 11.8 Å². The van der Waals surface area contributed by atoms with E-state index in [0.717, 1.165) is 16.8 Å². The van der Waals surface area contributed by atoms with Gasteiger partial charge in [0.05, 0.1) is 11.3 Å². The molecule has 4 nitrogen and oxygen atoms in total. The number of nitrogens with zero attached hydrogens (tertiary/aromatic N) is 3. The van der Waals surface area contributed by atoms with Crippen LogP contribution in [0.5, 0.6) is 0 Å². The predicted octanol–water partition coefficient (Wildman–Crippen LogP) is 2.50. The number of thioether (sulfide) groups is 1. The minimum Gasteiger partial charge on any atom is -0.267 e. The molecule has 0 aliphatic carbocycles. The molecule has 0 saturated heterocycles. The quantitative estimate of drug-likeness (QED) is 0.621. The standard InChI is InChI=1S/C14H11N3OS/c1-8-7-15-14(19-2)17-11(8)12-9-5-3-4-6-10(9)13(18)16-12/h3-7H,1-2H3. The zero-order valence-corrected chi connectivity index (χ0v) is 11.4. The molecule has 1 aromatic carbocycles. The molecule has 0 radical (unpaired) electrons. The van der Waals surface area contributed by atoms with Crippen molar-refractivity contribution in [1.82, 2.24) is 9.97 Å². The van der Waals surface area contributed by atoms with Crippen molar-refractivity contribution in [2.75, 3.05) is 6.26 Å². The third kappa shape index (κ3) is 1.96. The lowest BCUT2D eigenvalue weighted by atomic mass is 10.0. The normalized spacial score (nSPS) is 13.4. The molecule has 1 amide bonds. The first-order chi connectivity index (χ1) is 9.20. The molecule has 2 aromatic rings. The summed E-state index contributed by atoms with van der Waals surface area (Å²) in [7, 11) is 0. The van der Waals surface area contributed by atoms with Gasteiger partial charge in [-0.05, 0) is 24.8 Å². The van der Waals surface area contributed by atoms with Crippen LogP contribution in [0.25, 0.3) is 0 Å². The summed E-state index contributed by atoms with van der Waals surface area (Å²) in [6.45, 7) is 1.92. The zero-order valence-electron chi connectivity index (χ0n) is 10.5. The molecule has 3 rings (SSSR count). The molecular formula is C14H11N3OS. The summed E-state index contributed by atoms with van der Waals surface area (Å²) in [5, 5.41) is 0.681. The molecule has 0 N–H and O–H groups in total. The van der Waals surface area contributed by atoms with E-state index >= 15 is 0 Å². The molecule has 0 saturated carbocycles. The van der Waals surface area contributed by atoms with Crippen molar-refractivity contribution < 1.29 is 4.79 Å². The van der Waals surface area contributed by atoms with Crippen LogP contribution in [-0.2, 0) is 0 Å². The smallest absolute Gasteiger partial charge is 0.267 e. The van der Waals surface area contributed by atoms with Crippen molar-refractivity contribution in [3.63, 3.8) is 0 Å². The second-order valence-corrected chi connectivity index (χ2v) is 4.97. The van der Waals surface area contributed by atoms with Crippen molar-refractivity contribution in [3.8, 4) is 0 Å². The third-order valence-corrected chi connectivity index (χ3v) is 3.54. The Kier molecular flexibility index (Phi) is 2.91. The molecule has 0 spiro atoms. The van der Waals surface area contributed by atoms with Crippen LogP contribution in [0.4, 0.5) is 0 Å². The lowest BCUT2D eigenvalue weighted by Gasteiger charge is -2.06. The number of aryl methyl sites for hydroxylation is 1. The Morgan fingerprint density at radius 3 is 2.63 bits per heavy atom. The van der Waals surface area contributed by atoms with Crippen molar-refractivity contribution in [2.24, 2.45) is 4.99 Å². The molecule has 0 unspecified atom stereocenters. The van der Waals surface area contributed by atoms with Gasteiger partial charge in [-0.3, -0.25) is 4.79 Å². The fourth-order valence-electron chi connectivity index (χ4n) is 2.04. The van der Waals surface area contributed by atoms with E-state index < -0.39 is 0 Å². The summed E-state index contributed by atoms with van der Waals surface area (Å²) in [6, 6.07) is 7.44. The summed E-state index contributed by atoms with van der Waals surface area (Å²) in [6.07, 6.45) is 3.69. The second-order valence-electron chi connectivity index (χ2n) is 4.20. The van der Waals surface area contributed by atoms with Crippen LogP contribution in [0.15, 0.2) is 40.6 Å². The zero-order chi connectivity index (χ0) is 13.4. The molecule has 19 heavy (non-hydrogen) atoms. The fourth-order valence-corrected chi connectivity index (χ4v) is 2.38. The number of carbonyl (C=O) groups is 1. The summed E-state index contributed by atoms with van der Waals surface area (Å²) in [4.78, 5) is 24.7. The summed E-state index contributed by atoms with van der Waals surface area (Å²) < 4.78 is 0. The molecule has 0 fully saturated rings. The average molecular weight is 269 g/mol. The number of amides is 1. The number of hydrogen-bond acceptors (Lipinski definition) is 4. The van der Waals surface area contributed by atoms with Crippen LogP contribution in [-0.4, -0.2) is 27.8 Å². The van der Waals surface area contributed by atoms with Gasteiger partial charge < -0.3 is 0 Å².